The number of unbranched alkanes of at least 4 members (excludes halogenated alkanes) is 3. The maximum atomic E-state index is 13.2. The van der Waals surface area contributed by atoms with Gasteiger partial charge in [-0.15, -0.1) is 0 Å². The van der Waals surface area contributed by atoms with Gasteiger partial charge in [-0.05, 0) is 18.6 Å². The van der Waals surface area contributed by atoms with E-state index in [-0.39, 0.29) is 5.69 Å². The molecule has 0 fully saturated rings. The van der Waals surface area contributed by atoms with Gasteiger partial charge >= 0.3 is 0 Å². The molecule has 16 heavy (non-hydrogen) atoms. The Morgan fingerprint density at radius 1 is 1.31 bits per heavy atom. The highest BCUT2D eigenvalue weighted by Gasteiger charge is 2.03. The summed E-state index contributed by atoms with van der Waals surface area (Å²) in [4.78, 5) is 3.05. The molecule has 1 aromatic rings. The van der Waals surface area contributed by atoms with Gasteiger partial charge in [0, 0.05) is 6.07 Å². The van der Waals surface area contributed by atoms with E-state index in [1.165, 1.54) is 25.0 Å². The summed E-state index contributed by atoms with van der Waals surface area (Å²) in [6.45, 7) is 9.47. The van der Waals surface area contributed by atoms with Crippen molar-refractivity contribution in [1.82, 2.24) is 0 Å². The van der Waals surface area contributed by atoms with Gasteiger partial charge in [-0.25, -0.2) is 9.24 Å². The zero-order chi connectivity index (χ0) is 11.8. The average Bonchev–Trinajstić information content (AvgIpc) is 2.29. The molecular formula is C13H16FNO. The van der Waals surface area contributed by atoms with Crippen LogP contribution in [0, 0.1) is 12.4 Å². The van der Waals surface area contributed by atoms with Crippen molar-refractivity contribution in [2.24, 2.45) is 0 Å². The van der Waals surface area contributed by atoms with Crippen LogP contribution in [0.5, 0.6) is 5.75 Å². The van der Waals surface area contributed by atoms with Gasteiger partial charge in [-0.1, -0.05) is 26.2 Å². The second-order valence-electron chi connectivity index (χ2n) is 3.63. The van der Waals surface area contributed by atoms with E-state index >= 15 is 0 Å². The first-order valence-electron chi connectivity index (χ1n) is 5.57. The first kappa shape index (κ1) is 12.5. The normalized spacial score (nSPS) is 9.81. The fourth-order valence-corrected chi connectivity index (χ4v) is 1.39. The zero-order valence-corrected chi connectivity index (χ0v) is 9.50. The van der Waals surface area contributed by atoms with E-state index in [0.29, 0.717) is 12.4 Å². The lowest BCUT2D eigenvalue weighted by Crippen LogP contribution is -1.97. The first-order chi connectivity index (χ1) is 7.77. The van der Waals surface area contributed by atoms with Crippen LogP contribution < -0.4 is 4.74 Å². The molecule has 0 radical (unpaired) electrons. The SMILES string of the molecule is [C-]#[N+]c1ccc(OCCCCCC)cc1F. The van der Waals surface area contributed by atoms with Gasteiger partial charge < -0.3 is 4.74 Å². The Hall–Kier alpha value is -1.56. The molecule has 0 atom stereocenters. The third-order valence-electron chi connectivity index (χ3n) is 2.31. The summed E-state index contributed by atoms with van der Waals surface area (Å²) in [5, 5.41) is 0. The summed E-state index contributed by atoms with van der Waals surface area (Å²) in [6.07, 6.45) is 4.52. The van der Waals surface area contributed by atoms with Crippen molar-refractivity contribution in [3.05, 3.63) is 35.4 Å². The lowest BCUT2D eigenvalue weighted by atomic mass is 10.2. The molecule has 0 amide bonds. The van der Waals surface area contributed by atoms with E-state index in [4.69, 9.17) is 11.3 Å². The van der Waals surface area contributed by atoms with Crippen LogP contribution in [-0.4, -0.2) is 6.61 Å². The van der Waals surface area contributed by atoms with Crippen LogP contribution in [0.2, 0.25) is 0 Å². The third kappa shape index (κ3) is 3.90. The third-order valence-corrected chi connectivity index (χ3v) is 2.31. The van der Waals surface area contributed by atoms with Gasteiger partial charge in [0.25, 0.3) is 0 Å². The van der Waals surface area contributed by atoms with E-state index in [1.807, 2.05) is 0 Å². The summed E-state index contributed by atoms with van der Waals surface area (Å²) in [7, 11) is 0. The molecule has 0 bridgehead atoms. The number of hydrogen-bond donors (Lipinski definition) is 0. The molecule has 1 rings (SSSR count). The van der Waals surface area contributed by atoms with Crippen molar-refractivity contribution in [3.63, 3.8) is 0 Å². The molecule has 1 aromatic carbocycles. The Balaban J connectivity index is 2.38. The number of benzene rings is 1. The molecular weight excluding hydrogens is 205 g/mol. The summed E-state index contributed by atoms with van der Waals surface area (Å²) in [5.41, 5.74) is 0.0401. The Kier molecular flexibility index (Phi) is 5.35. The molecule has 0 aliphatic carbocycles. The van der Waals surface area contributed by atoms with Gasteiger partial charge in [-0.3, -0.25) is 0 Å². The van der Waals surface area contributed by atoms with E-state index < -0.39 is 5.82 Å². The van der Waals surface area contributed by atoms with Crippen LogP contribution in [0.25, 0.3) is 4.85 Å². The average molecular weight is 221 g/mol. The highest BCUT2D eigenvalue weighted by molar-refractivity contribution is 5.48. The zero-order valence-electron chi connectivity index (χ0n) is 9.50. The fraction of sp³-hybridized carbons (Fsp3) is 0.462. The standard InChI is InChI=1S/C13H16FNO/c1-3-4-5-6-9-16-11-7-8-13(15-2)12(14)10-11/h7-8,10H,3-6,9H2,1H3. The number of halogens is 1. The summed E-state index contributed by atoms with van der Waals surface area (Å²) in [6, 6.07) is 4.35. The van der Waals surface area contributed by atoms with Crippen molar-refractivity contribution in [3.8, 4) is 5.75 Å². The van der Waals surface area contributed by atoms with Crippen LogP contribution in [0.15, 0.2) is 18.2 Å². The predicted octanol–water partition coefficient (Wildman–Crippen LogP) is 4.34. The summed E-state index contributed by atoms with van der Waals surface area (Å²) in [5.74, 6) is -0.0116. The Labute approximate surface area is 95.9 Å². The van der Waals surface area contributed by atoms with E-state index in [1.54, 1.807) is 6.07 Å². The first-order valence-corrected chi connectivity index (χ1v) is 5.57. The van der Waals surface area contributed by atoms with Gasteiger partial charge in [0.05, 0.1) is 13.2 Å². The van der Waals surface area contributed by atoms with E-state index in [0.717, 1.165) is 12.8 Å². The lowest BCUT2D eigenvalue weighted by Gasteiger charge is -2.06. The van der Waals surface area contributed by atoms with Gasteiger partial charge in [-0.2, -0.15) is 0 Å². The van der Waals surface area contributed by atoms with Crippen molar-refractivity contribution >= 4 is 5.69 Å². The fourth-order valence-electron chi connectivity index (χ4n) is 1.39. The highest BCUT2D eigenvalue weighted by atomic mass is 19.1. The minimum Gasteiger partial charge on any atom is -0.494 e. The molecule has 0 N–H and O–H groups in total. The Morgan fingerprint density at radius 2 is 2.12 bits per heavy atom. The second kappa shape index (κ2) is 6.84. The molecule has 86 valence electrons. The molecule has 0 saturated heterocycles. The van der Waals surface area contributed by atoms with Crippen LogP contribution in [0.1, 0.15) is 32.6 Å². The van der Waals surface area contributed by atoms with Crippen LogP contribution in [0.4, 0.5) is 10.1 Å². The smallest absolute Gasteiger partial charge is 0.222 e. The van der Waals surface area contributed by atoms with Gasteiger partial charge in [0.1, 0.15) is 11.6 Å². The second-order valence-corrected chi connectivity index (χ2v) is 3.63. The maximum absolute atomic E-state index is 13.2. The topological polar surface area (TPSA) is 13.6 Å². The molecule has 2 nitrogen and oxygen atoms in total. The monoisotopic (exact) mass is 221 g/mol. The quantitative estimate of drug-likeness (QED) is 0.514. The number of rotatable bonds is 6. The molecule has 0 unspecified atom stereocenters. The highest BCUT2D eigenvalue weighted by Crippen LogP contribution is 2.22. The molecule has 0 aromatic heterocycles. The van der Waals surface area contributed by atoms with Gasteiger partial charge in [0.15, 0.2) is 0 Å². The molecule has 0 aliphatic rings. The van der Waals surface area contributed by atoms with Crippen LogP contribution in [0.3, 0.4) is 0 Å². The Morgan fingerprint density at radius 3 is 2.75 bits per heavy atom. The van der Waals surface area contributed by atoms with E-state index in [2.05, 4.69) is 11.8 Å². The minimum absolute atomic E-state index is 0.0401. The molecule has 3 heteroatoms. The molecule has 0 spiro atoms. The van der Waals surface area contributed by atoms with Gasteiger partial charge in [0.2, 0.25) is 5.69 Å². The summed E-state index contributed by atoms with van der Waals surface area (Å²) < 4.78 is 18.6. The maximum Gasteiger partial charge on any atom is 0.222 e. The number of ether oxygens (including phenoxy) is 1. The largest absolute Gasteiger partial charge is 0.494 e. The minimum atomic E-state index is -0.513. The number of nitrogens with zero attached hydrogens (tertiary/aromatic N) is 1. The Bertz CT molecular complexity index is 371. The van der Waals surface area contributed by atoms with Crippen molar-refractivity contribution < 1.29 is 9.13 Å². The molecule has 0 saturated carbocycles. The summed E-state index contributed by atoms with van der Waals surface area (Å²) >= 11 is 0. The number of hydrogen-bond acceptors (Lipinski definition) is 1. The van der Waals surface area contributed by atoms with Crippen LogP contribution >= 0.6 is 0 Å². The van der Waals surface area contributed by atoms with Crippen molar-refractivity contribution in [1.29, 1.82) is 0 Å². The molecule has 0 aliphatic heterocycles. The lowest BCUT2D eigenvalue weighted by molar-refractivity contribution is 0.303. The van der Waals surface area contributed by atoms with Crippen LogP contribution in [-0.2, 0) is 0 Å². The predicted molar refractivity (Wildman–Crippen MR) is 62.3 cm³/mol. The molecule has 0 heterocycles. The van der Waals surface area contributed by atoms with E-state index in [9.17, 15) is 4.39 Å². The van der Waals surface area contributed by atoms with Crippen molar-refractivity contribution in [2.75, 3.05) is 6.61 Å². The van der Waals surface area contributed by atoms with Crippen molar-refractivity contribution in [2.45, 2.75) is 32.6 Å².